The number of H-pyrrole nitrogens is 1. The third-order valence-electron chi connectivity index (χ3n) is 3.89. The van der Waals surface area contributed by atoms with E-state index in [1.165, 1.54) is 6.07 Å². The summed E-state index contributed by atoms with van der Waals surface area (Å²) in [5.41, 5.74) is 1.13. The van der Waals surface area contributed by atoms with Crippen molar-refractivity contribution in [1.82, 2.24) is 14.9 Å². The fourth-order valence-corrected chi connectivity index (χ4v) is 2.93. The molecule has 1 heterocycles. The van der Waals surface area contributed by atoms with Crippen LogP contribution in [0.4, 0.5) is 4.39 Å². The van der Waals surface area contributed by atoms with E-state index in [9.17, 15) is 9.18 Å². The maximum atomic E-state index is 14.0. The van der Waals surface area contributed by atoms with Gasteiger partial charge in [-0.05, 0) is 30.8 Å². The lowest BCUT2D eigenvalue weighted by Gasteiger charge is -2.20. The Morgan fingerprint density at radius 2 is 2.00 bits per heavy atom. The fourth-order valence-electron chi connectivity index (χ4n) is 2.59. The van der Waals surface area contributed by atoms with Gasteiger partial charge in [0.2, 0.25) is 0 Å². The molecule has 1 N–H and O–H groups in total. The zero-order valence-electron chi connectivity index (χ0n) is 13.2. The van der Waals surface area contributed by atoms with Crippen molar-refractivity contribution in [3.05, 3.63) is 74.5 Å². The third-order valence-corrected chi connectivity index (χ3v) is 4.38. The lowest BCUT2D eigenvalue weighted by Crippen LogP contribution is -2.25. The van der Waals surface area contributed by atoms with Gasteiger partial charge >= 0.3 is 0 Å². The number of rotatable bonds is 5. The lowest BCUT2D eigenvalue weighted by atomic mass is 10.2. The van der Waals surface area contributed by atoms with Gasteiger partial charge in [-0.3, -0.25) is 9.69 Å². The second-order valence-corrected chi connectivity index (χ2v) is 6.48. The van der Waals surface area contributed by atoms with Gasteiger partial charge in [0.15, 0.2) is 0 Å². The van der Waals surface area contributed by atoms with Crippen molar-refractivity contribution in [2.75, 3.05) is 6.54 Å². The zero-order chi connectivity index (χ0) is 17.1. The second kappa shape index (κ2) is 7.23. The molecule has 2 aromatic carbocycles. The molecule has 0 saturated carbocycles. The quantitative estimate of drug-likeness (QED) is 0.720. The molecule has 124 valence electrons. The van der Waals surface area contributed by atoms with Crippen molar-refractivity contribution in [3.8, 4) is 0 Å². The van der Waals surface area contributed by atoms with Crippen LogP contribution in [0.1, 0.15) is 18.3 Å². The van der Waals surface area contributed by atoms with E-state index < -0.39 is 0 Å². The molecule has 4 nitrogen and oxygen atoms in total. The van der Waals surface area contributed by atoms with Crippen LogP contribution in [0.5, 0.6) is 0 Å². The Labute approximate surface area is 147 Å². The summed E-state index contributed by atoms with van der Waals surface area (Å²) in [6.45, 7) is 3.61. The molecule has 3 rings (SSSR count). The number of aromatic amines is 1. The number of aromatic nitrogens is 2. The molecule has 0 aliphatic heterocycles. The van der Waals surface area contributed by atoms with Crippen molar-refractivity contribution in [2.24, 2.45) is 0 Å². The standard InChI is InChI=1S/C18H17BrFN3O/c1-2-23(10-12-7-8-13(19)9-15(12)20)11-17-21-16-6-4-3-5-14(16)18(24)22-17/h3-9H,2,10-11H2,1H3,(H,21,22,24). The molecule has 0 unspecified atom stereocenters. The Morgan fingerprint density at radius 3 is 2.75 bits per heavy atom. The zero-order valence-corrected chi connectivity index (χ0v) is 14.8. The predicted molar refractivity (Wildman–Crippen MR) is 96.3 cm³/mol. The number of hydrogen-bond acceptors (Lipinski definition) is 3. The van der Waals surface area contributed by atoms with Gasteiger partial charge in [-0.2, -0.15) is 0 Å². The number of nitrogens with zero attached hydrogens (tertiary/aromatic N) is 2. The minimum Gasteiger partial charge on any atom is -0.309 e. The van der Waals surface area contributed by atoms with E-state index in [4.69, 9.17) is 0 Å². The van der Waals surface area contributed by atoms with Crippen molar-refractivity contribution >= 4 is 26.8 Å². The van der Waals surface area contributed by atoms with Gasteiger partial charge in [0.25, 0.3) is 5.56 Å². The molecule has 0 saturated heterocycles. The Morgan fingerprint density at radius 1 is 1.21 bits per heavy atom. The highest BCUT2D eigenvalue weighted by atomic mass is 79.9. The Hall–Kier alpha value is -2.05. The fraction of sp³-hybridized carbons (Fsp3) is 0.222. The highest BCUT2D eigenvalue weighted by molar-refractivity contribution is 9.10. The number of halogens is 2. The summed E-state index contributed by atoms with van der Waals surface area (Å²) in [6.07, 6.45) is 0. The summed E-state index contributed by atoms with van der Waals surface area (Å²) in [5.74, 6) is 0.334. The molecule has 24 heavy (non-hydrogen) atoms. The summed E-state index contributed by atoms with van der Waals surface area (Å²) in [4.78, 5) is 21.5. The Kier molecular flexibility index (Phi) is 5.06. The molecule has 0 fully saturated rings. The average molecular weight is 390 g/mol. The SMILES string of the molecule is CCN(Cc1nc2ccccc2c(=O)[nH]1)Cc1ccc(Br)cc1F. The van der Waals surface area contributed by atoms with E-state index in [1.54, 1.807) is 12.1 Å². The normalized spacial score (nSPS) is 11.3. The summed E-state index contributed by atoms with van der Waals surface area (Å²) in [5, 5.41) is 0.572. The first-order valence-corrected chi connectivity index (χ1v) is 8.50. The monoisotopic (exact) mass is 389 g/mol. The third kappa shape index (κ3) is 3.71. The smallest absolute Gasteiger partial charge is 0.258 e. The lowest BCUT2D eigenvalue weighted by molar-refractivity contribution is 0.260. The van der Waals surface area contributed by atoms with E-state index in [-0.39, 0.29) is 11.4 Å². The number of para-hydroxylation sites is 1. The van der Waals surface area contributed by atoms with Crippen molar-refractivity contribution in [2.45, 2.75) is 20.0 Å². The first kappa shape index (κ1) is 16.8. The molecule has 6 heteroatoms. The minimum atomic E-state index is -0.247. The summed E-state index contributed by atoms with van der Waals surface area (Å²) >= 11 is 3.26. The van der Waals surface area contributed by atoms with Crippen molar-refractivity contribution in [3.63, 3.8) is 0 Å². The van der Waals surface area contributed by atoms with Crippen LogP contribution in [0.25, 0.3) is 10.9 Å². The van der Waals surface area contributed by atoms with Gasteiger partial charge in [0.05, 0.1) is 17.4 Å². The van der Waals surface area contributed by atoms with Crippen LogP contribution in [-0.2, 0) is 13.1 Å². The van der Waals surface area contributed by atoms with E-state index >= 15 is 0 Å². The van der Waals surface area contributed by atoms with Gasteiger partial charge in [-0.15, -0.1) is 0 Å². The molecule has 0 bridgehead atoms. The second-order valence-electron chi connectivity index (χ2n) is 5.57. The van der Waals surface area contributed by atoms with Gasteiger partial charge in [-0.25, -0.2) is 9.37 Å². The van der Waals surface area contributed by atoms with Crippen LogP contribution in [0.15, 0.2) is 51.7 Å². The molecule has 1 aromatic heterocycles. The Balaban J connectivity index is 1.84. The van der Waals surface area contributed by atoms with Crippen LogP contribution in [0.3, 0.4) is 0 Å². The summed E-state index contributed by atoms with van der Waals surface area (Å²) in [6, 6.07) is 12.3. The summed E-state index contributed by atoms with van der Waals surface area (Å²) in [7, 11) is 0. The first-order chi connectivity index (χ1) is 11.6. The maximum absolute atomic E-state index is 14.0. The molecule has 0 spiro atoms. The molecule has 0 radical (unpaired) electrons. The van der Waals surface area contributed by atoms with E-state index in [0.29, 0.717) is 46.4 Å². The predicted octanol–water partition coefficient (Wildman–Crippen LogP) is 3.85. The van der Waals surface area contributed by atoms with Gasteiger partial charge in [0, 0.05) is 16.6 Å². The van der Waals surface area contributed by atoms with Crippen LogP contribution >= 0.6 is 15.9 Å². The van der Waals surface area contributed by atoms with Gasteiger partial charge < -0.3 is 4.98 Å². The number of nitrogens with one attached hydrogen (secondary N) is 1. The average Bonchev–Trinajstić information content (AvgIpc) is 2.56. The number of benzene rings is 2. The van der Waals surface area contributed by atoms with E-state index in [2.05, 4.69) is 25.9 Å². The van der Waals surface area contributed by atoms with E-state index in [1.807, 2.05) is 36.1 Å². The van der Waals surface area contributed by atoms with Crippen molar-refractivity contribution < 1.29 is 4.39 Å². The van der Waals surface area contributed by atoms with Crippen LogP contribution < -0.4 is 5.56 Å². The van der Waals surface area contributed by atoms with Gasteiger partial charge in [0.1, 0.15) is 11.6 Å². The van der Waals surface area contributed by atoms with Crippen LogP contribution in [0.2, 0.25) is 0 Å². The topological polar surface area (TPSA) is 49.0 Å². The first-order valence-electron chi connectivity index (χ1n) is 7.71. The van der Waals surface area contributed by atoms with Gasteiger partial charge in [-0.1, -0.05) is 41.1 Å². The van der Waals surface area contributed by atoms with Crippen molar-refractivity contribution in [1.29, 1.82) is 0 Å². The van der Waals surface area contributed by atoms with Crippen LogP contribution in [0, 0.1) is 5.82 Å². The Bertz CT molecular complexity index is 926. The van der Waals surface area contributed by atoms with Crippen LogP contribution in [-0.4, -0.2) is 21.4 Å². The maximum Gasteiger partial charge on any atom is 0.258 e. The molecule has 0 amide bonds. The number of hydrogen-bond donors (Lipinski definition) is 1. The highest BCUT2D eigenvalue weighted by Gasteiger charge is 2.11. The molecule has 0 aliphatic rings. The molecule has 3 aromatic rings. The highest BCUT2D eigenvalue weighted by Crippen LogP contribution is 2.17. The molecular weight excluding hydrogens is 373 g/mol. The number of fused-ring (bicyclic) bond motifs is 1. The minimum absolute atomic E-state index is 0.151. The molecule has 0 atom stereocenters. The molecule has 0 aliphatic carbocycles. The largest absolute Gasteiger partial charge is 0.309 e. The molecular formula is C18H17BrFN3O. The summed E-state index contributed by atoms with van der Waals surface area (Å²) < 4.78 is 14.7. The van der Waals surface area contributed by atoms with E-state index in [0.717, 1.165) is 0 Å².